The molecule has 0 atom stereocenters. The normalized spacial score (nSPS) is 9.81. The van der Waals surface area contributed by atoms with Crippen molar-refractivity contribution in [3.8, 4) is 0 Å². The van der Waals surface area contributed by atoms with Gasteiger partial charge in [-0.15, -0.1) is 0 Å². The van der Waals surface area contributed by atoms with E-state index < -0.39 is 27.0 Å². The predicted molar refractivity (Wildman–Crippen MR) is 53.1 cm³/mol. The van der Waals surface area contributed by atoms with Gasteiger partial charge in [0.1, 0.15) is 0 Å². The van der Waals surface area contributed by atoms with E-state index in [1.165, 1.54) is 0 Å². The molecule has 0 bridgehead atoms. The highest BCUT2D eigenvalue weighted by Crippen LogP contribution is 2.22. The maximum absolute atomic E-state index is 11.2. The van der Waals surface area contributed by atoms with Crippen LogP contribution in [0, 0.1) is 20.2 Å². The lowest BCUT2D eigenvalue weighted by molar-refractivity contribution is -0.394. The average Bonchev–Trinajstić information content (AvgIpc) is 2.27. The lowest BCUT2D eigenvalue weighted by Gasteiger charge is -1.98. The predicted octanol–water partition coefficient (Wildman–Crippen LogP) is 0.644. The van der Waals surface area contributed by atoms with Gasteiger partial charge in [0.05, 0.1) is 22.5 Å². The van der Waals surface area contributed by atoms with Crippen LogP contribution in [0.1, 0.15) is 10.4 Å². The van der Waals surface area contributed by atoms with Crippen LogP contribution in [0.3, 0.4) is 0 Å². The van der Waals surface area contributed by atoms with Crippen molar-refractivity contribution in [3.63, 3.8) is 0 Å². The van der Waals surface area contributed by atoms with Crippen molar-refractivity contribution in [1.29, 1.82) is 0 Å². The summed E-state index contributed by atoms with van der Waals surface area (Å²) in [5, 5.41) is 21.0. The van der Waals surface area contributed by atoms with Gasteiger partial charge in [0.2, 0.25) is 0 Å². The van der Waals surface area contributed by atoms with E-state index in [0.29, 0.717) is 0 Å². The second-order valence-corrected chi connectivity index (χ2v) is 2.88. The highest BCUT2D eigenvalue weighted by molar-refractivity contribution is 5.98. The van der Waals surface area contributed by atoms with E-state index in [-0.39, 0.29) is 12.1 Å². The molecule has 84 valence electrons. The van der Waals surface area contributed by atoms with Crippen molar-refractivity contribution in [2.75, 3.05) is 6.54 Å². The van der Waals surface area contributed by atoms with Crippen molar-refractivity contribution in [3.05, 3.63) is 44.0 Å². The van der Waals surface area contributed by atoms with Gasteiger partial charge >= 0.3 is 0 Å². The molecule has 0 aliphatic carbocycles. The number of ketones is 1. The molecule has 2 N–H and O–H groups in total. The number of hydrogen-bond acceptors (Lipinski definition) is 6. The van der Waals surface area contributed by atoms with E-state index >= 15 is 0 Å². The summed E-state index contributed by atoms with van der Waals surface area (Å²) in [4.78, 5) is 30.5. The summed E-state index contributed by atoms with van der Waals surface area (Å²) >= 11 is 0. The van der Waals surface area contributed by atoms with Crippen molar-refractivity contribution >= 4 is 17.2 Å². The Morgan fingerprint density at radius 2 is 1.56 bits per heavy atom. The van der Waals surface area contributed by atoms with Gasteiger partial charge in [0, 0.05) is 17.7 Å². The zero-order valence-corrected chi connectivity index (χ0v) is 7.95. The van der Waals surface area contributed by atoms with Gasteiger partial charge in [-0.05, 0) is 0 Å². The van der Waals surface area contributed by atoms with E-state index in [1.54, 1.807) is 0 Å². The molecule has 16 heavy (non-hydrogen) atoms. The van der Waals surface area contributed by atoms with E-state index in [1.807, 2.05) is 0 Å². The average molecular weight is 225 g/mol. The zero-order valence-electron chi connectivity index (χ0n) is 7.95. The number of nitrogens with two attached hydrogens (primary N) is 1. The van der Waals surface area contributed by atoms with Gasteiger partial charge in [-0.2, -0.15) is 0 Å². The van der Waals surface area contributed by atoms with E-state index in [2.05, 4.69) is 0 Å². The first-order valence-electron chi connectivity index (χ1n) is 4.13. The Hall–Kier alpha value is -2.35. The summed E-state index contributed by atoms with van der Waals surface area (Å²) in [5.74, 6) is -0.591. The van der Waals surface area contributed by atoms with Crippen molar-refractivity contribution in [2.45, 2.75) is 0 Å². The van der Waals surface area contributed by atoms with Crippen LogP contribution in [0.15, 0.2) is 18.2 Å². The topological polar surface area (TPSA) is 129 Å². The van der Waals surface area contributed by atoms with Gasteiger partial charge in [0.15, 0.2) is 5.78 Å². The third-order valence-electron chi connectivity index (χ3n) is 1.83. The molecule has 1 aromatic rings. The Morgan fingerprint density at radius 1 is 1.12 bits per heavy atom. The monoisotopic (exact) mass is 225 g/mol. The fourth-order valence-corrected chi connectivity index (χ4v) is 1.08. The third kappa shape index (κ3) is 2.36. The van der Waals surface area contributed by atoms with Crippen LogP contribution < -0.4 is 5.73 Å². The molecule has 0 amide bonds. The number of benzene rings is 1. The number of hydrogen-bond donors (Lipinski definition) is 1. The molecule has 0 aromatic heterocycles. The van der Waals surface area contributed by atoms with E-state index in [9.17, 15) is 25.0 Å². The summed E-state index contributed by atoms with van der Waals surface area (Å²) in [6.07, 6.45) is 0. The first-order valence-corrected chi connectivity index (χ1v) is 4.13. The molecule has 8 heteroatoms. The fraction of sp³-hybridized carbons (Fsp3) is 0.125. The molecule has 1 aromatic carbocycles. The number of rotatable bonds is 4. The Balaban J connectivity index is 3.35. The van der Waals surface area contributed by atoms with Crippen LogP contribution in [0.4, 0.5) is 11.4 Å². The summed E-state index contributed by atoms with van der Waals surface area (Å²) in [7, 11) is 0. The van der Waals surface area contributed by atoms with Crippen molar-refractivity contribution < 1.29 is 14.6 Å². The molecule has 0 heterocycles. The lowest BCUT2D eigenvalue weighted by Crippen LogP contribution is -2.14. The van der Waals surface area contributed by atoms with Crippen molar-refractivity contribution in [1.82, 2.24) is 0 Å². The third-order valence-corrected chi connectivity index (χ3v) is 1.83. The molecule has 8 nitrogen and oxygen atoms in total. The second kappa shape index (κ2) is 4.45. The second-order valence-electron chi connectivity index (χ2n) is 2.88. The maximum atomic E-state index is 11.2. The molecule has 1 rings (SSSR count). The number of nitro groups is 2. The van der Waals surface area contributed by atoms with Gasteiger partial charge in [0.25, 0.3) is 11.4 Å². The fourth-order valence-electron chi connectivity index (χ4n) is 1.08. The summed E-state index contributed by atoms with van der Waals surface area (Å²) < 4.78 is 0. The Kier molecular flexibility index (Phi) is 3.26. The SMILES string of the molecule is NCC(=O)c1cc([N+](=O)[O-])cc([N+](=O)[O-])c1. The Labute approximate surface area is 89.0 Å². The minimum Gasteiger partial charge on any atom is -0.324 e. The molecular weight excluding hydrogens is 218 g/mol. The highest BCUT2D eigenvalue weighted by atomic mass is 16.6. The van der Waals surface area contributed by atoms with Gasteiger partial charge in [-0.25, -0.2) is 0 Å². The van der Waals surface area contributed by atoms with Crippen molar-refractivity contribution in [2.24, 2.45) is 5.73 Å². The molecule has 0 radical (unpaired) electrons. The number of nitro benzene ring substituents is 2. The van der Waals surface area contributed by atoms with Crippen LogP contribution in [0.25, 0.3) is 0 Å². The molecule has 0 aliphatic rings. The summed E-state index contributed by atoms with van der Waals surface area (Å²) in [6, 6.07) is 2.71. The Bertz CT molecular complexity index is 438. The first-order chi connectivity index (χ1) is 7.45. The zero-order chi connectivity index (χ0) is 12.3. The van der Waals surface area contributed by atoms with Gasteiger partial charge in [-0.1, -0.05) is 0 Å². The smallest absolute Gasteiger partial charge is 0.277 e. The number of carbonyl (C=O) groups excluding carboxylic acids is 1. The van der Waals surface area contributed by atoms with Crippen LogP contribution in [-0.2, 0) is 0 Å². The van der Waals surface area contributed by atoms with Crippen LogP contribution in [-0.4, -0.2) is 22.2 Å². The van der Waals surface area contributed by atoms with Gasteiger partial charge < -0.3 is 5.73 Å². The minimum atomic E-state index is -0.805. The van der Waals surface area contributed by atoms with E-state index in [0.717, 1.165) is 18.2 Å². The van der Waals surface area contributed by atoms with Crippen LogP contribution >= 0.6 is 0 Å². The first kappa shape index (κ1) is 11.7. The minimum absolute atomic E-state index is 0.136. The van der Waals surface area contributed by atoms with Crippen LogP contribution in [0.5, 0.6) is 0 Å². The summed E-state index contributed by atoms with van der Waals surface area (Å²) in [5.41, 5.74) is 3.91. The molecule has 0 saturated carbocycles. The van der Waals surface area contributed by atoms with E-state index in [4.69, 9.17) is 5.73 Å². The summed E-state index contributed by atoms with van der Waals surface area (Å²) in [6.45, 7) is -0.363. The molecule has 0 saturated heterocycles. The Morgan fingerprint density at radius 3 is 1.88 bits per heavy atom. The number of nitrogens with zero attached hydrogens (tertiary/aromatic N) is 2. The molecule has 0 unspecified atom stereocenters. The number of non-ortho nitro benzene ring substituents is 2. The molecule has 0 fully saturated rings. The molecular formula is C8H7N3O5. The maximum Gasteiger partial charge on any atom is 0.277 e. The highest BCUT2D eigenvalue weighted by Gasteiger charge is 2.18. The standard InChI is InChI=1S/C8H7N3O5/c9-4-8(12)5-1-6(10(13)14)3-7(2-5)11(15)16/h1-3H,4,9H2. The number of carbonyl (C=O) groups is 1. The molecule has 0 spiro atoms. The number of Topliss-reactive ketones (excluding diaryl/α,β-unsaturated/α-hetero) is 1. The quantitative estimate of drug-likeness (QED) is 0.454. The molecule has 0 aliphatic heterocycles. The lowest BCUT2D eigenvalue weighted by atomic mass is 10.1. The largest absolute Gasteiger partial charge is 0.324 e. The van der Waals surface area contributed by atoms with Crippen LogP contribution in [0.2, 0.25) is 0 Å². The van der Waals surface area contributed by atoms with Gasteiger partial charge in [-0.3, -0.25) is 25.0 Å².